The lowest BCUT2D eigenvalue weighted by atomic mass is 9.52. The van der Waals surface area contributed by atoms with Crippen molar-refractivity contribution in [3.05, 3.63) is 44.5 Å². The molecule has 0 N–H and O–H groups in total. The van der Waals surface area contributed by atoms with E-state index < -0.39 is 0 Å². The van der Waals surface area contributed by atoms with Gasteiger partial charge in [0.1, 0.15) is 0 Å². The summed E-state index contributed by atoms with van der Waals surface area (Å²) in [6.07, 6.45) is 24.1. The van der Waals surface area contributed by atoms with Crippen molar-refractivity contribution >= 4 is 10.8 Å². The van der Waals surface area contributed by atoms with Crippen molar-refractivity contribution in [1.29, 1.82) is 0 Å². The second kappa shape index (κ2) is 6.33. The third-order valence-electron chi connectivity index (χ3n) is 13.2. The van der Waals surface area contributed by atoms with Crippen LogP contribution in [-0.4, -0.2) is 0 Å². The van der Waals surface area contributed by atoms with Gasteiger partial charge in [-0.1, -0.05) is 0 Å². The predicted octanol–water partition coefficient (Wildman–Crippen LogP) is 9.86. The first-order valence-corrected chi connectivity index (χ1v) is 15.6. The van der Waals surface area contributed by atoms with Gasteiger partial charge in [-0.25, -0.2) is 0 Å². The molecular weight excluding hydrogens is 408 g/mol. The molecular formula is C34H40. The third-order valence-corrected chi connectivity index (χ3v) is 13.2. The van der Waals surface area contributed by atoms with Gasteiger partial charge in [0.2, 0.25) is 0 Å². The maximum atomic E-state index is 2.00. The number of hydrogen-bond donors (Lipinski definition) is 0. The second-order valence-electron chi connectivity index (χ2n) is 14.3. The fourth-order valence-corrected chi connectivity index (χ4v) is 12.1. The molecule has 4 fully saturated rings. The normalized spacial score (nSPS) is 42.0. The largest absolute Gasteiger partial charge is 0.0458 e. The Bertz CT molecular complexity index is 1050. The van der Waals surface area contributed by atoms with E-state index in [0.29, 0.717) is 0 Å². The van der Waals surface area contributed by atoms with Crippen molar-refractivity contribution in [2.24, 2.45) is 0 Å². The van der Waals surface area contributed by atoms with Gasteiger partial charge in [0.25, 0.3) is 0 Å². The minimum Gasteiger partial charge on any atom is -0.0458 e. The van der Waals surface area contributed by atoms with Gasteiger partial charge >= 0.3 is 0 Å². The SMILES string of the molecule is C1CC2CCC1c1c3c(c4c5c(c6c(c4c12)C1CCC6CC1)C1CCC5CC1)C1CCC3CC1. The fourth-order valence-electron chi connectivity index (χ4n) is 12.1. The van der Waals surface area contributed by atoms with Crippen molar-refractivity contribution in [1.82, 2.24) is 0 Å². The van der Waals surface area contributed by atoms with E-state index >= 15 is 0 Å². The maximum Gasteiger partial charge on any atom is -0.0102 e. The van der Waals surface area contributed by atoms with E-state index in [1.807, 2.05) is 55.3 Å². The number of rotatable bonds is 0. The zero-order chi connectivity index (χ0) is 21.7. The van der Waals surface area contributed by atoms with E-state index in [2.05, 4.69) is 0 Å². The van der Waals surface area contributed by atoms with Crippen LogP contribution in [0.2, 0.25) is 0 Å². The predicted molar refractivity (Wildman–Crippen MR) is 140 cm³/mol. The lowest BCUT2D eigenvalue weighted by Gasteiger charge is -2.52. The van der Waals surface area contributed by atoms with E-state index in [0.717, 1.165) is 47.3 Å². The van der Waals surface area contributed by atoms with Crippen LogP contribution in [-0.2, 0) is 0 Å². The molecule has 0 nitrogen and oxygen atoms in total. The van der Waals surface area contributed by atoms with Crippen LogP contribution in [0, 0.1) is 0 Å². The molecule has 0 heteroatoms. The Labute approximate surface area is 205 Å². The molecule has 34 heavy (non-hydrogen) atoms. The van der Waals surface area contributed by atoms with Crippen molar-refractivity contribution in [2.75, 3.05) is 0 Å². The lowest BCUT2D eigenvalue weighted by Crippen LogP contribution is -2.34. The Morgan fingerprint density at radius 2 is 0.353 bits per heavy atom. The average Bonchev–Trinajstić information content (AvgIpc) is 2.94. The minimum absolute atomic E-state index is 0.900. The zero-order valence-electron chi connectivity index (χ0n) is 20.9. The molecule has 0 radical (unpaired) electrons. The van der Waals surface area contributed by atoms with E-state index in [9.17, 15) is 0 Å². The van der Waals surface area contributed by atoms with Crippen LogP contribution in [0.4, 0.5) is 0 Å². The monoisotopic (exact) mass is 448 g/mol. The van der Waals surface area contributed by atoms with E-state index in [1.54, 1.807) is 0 Å². The summed E-state index contributed by atoms with van der Waals surface area (Å²) in [5, 5.41) is 3.93. The average molecular weight is 449 g/mol. The topological polar surface area (TPSA) is 0 Å². The summed E-state index contributed by atoms with van der Waals surface area (Å²) in [7, 11) is 0. The van der Waals surface area contributed by atoms with Crippen LogP contribution < -0.4 is 0 Å². The summed E-state index contributed by atoms with van der Waals surface area (Å²) < 4.78 is 0. The van der Waals surface area contributed by atoms with Crippen molar-refractivity contribution in [3.63, 3.8) is 0 Å². The van der Waals surface area contributed by atoms with E-state index in [1.165, 1.54) is 103 Å². The highest BCUT2D eigenvalue weighted by molar-refractivity contribution is 6.01. The van der Waals surface area contributed by atoms with Crippen molar-refractivity contribution in [2.45, 2.75) is 150 Å². The van der Waals surface area contributed by atoms with Gasteiger partial charge in [0, 0.05) is 0 Å². The molecule has 8 bridgehead atoms. The molecule has 2 aromatic carbocycles. The molecule has 0 unspecified atom stereocenters. The molecule has 14 rings (SSSR count). The summed E-state index contributed by atoms with van der Waals surface area (Å²) in [4.78, 5) is 0. The Kier molecular flexibility index (Phi) is 3.52. The van der Waals surface area contributed by atoms with Gasteiger partial charge in [-0.15, -0.1) is 0 Å². The Hall–Kier alpha value is -1.30. The number of hydrogen-bond acceptors (Lipinski definition) is 0. The molecule has 0 spiro atoms. The fraction of sp³-hybridized carbons (Fsp3) is 0.706. The summed E-state index contributed by atoms with van der Waals surface area (Å²) in [5.41, 5.74) is 16.0. The van der Waals surface area contributed by atoms with Gasteiger partial charge in [0.15, 0.2) is 0 Å². The summed E-state index contributed by atoms with van der Waals surface area (Å²) in [6.45, 7) is 0. The van der Waals surface area contributed by atoms with E-state index in [-0.39, 0.29) is 0 Å². The van der Waals surface area contributed by atoms with Crippen LogP contribution in [0.25, 0.3) is 10.8 Å². The highest BCUT2D eigenvalue weighted by Gasteiger charge is 2.49. The van der Waals surface area contributed by atoms with Crippen molar-refractivity contribution < 1.29 is 0 Å². The first-order chi connectivity index (χ1) is 16.9. The second-order valence-corrected chi connectivity index (χ2v) is 14.3. The van der Waals surface area contributed by atoms with Crippen LogP contribution in [0.5, 0.6) is 0 Å². The molecule has 0 atom stereocenters. The van der Waals surface area contributed by atoms with Crippen molar-refractivity contribution in [3.8, 4) is 0 Å². The molecule has 12 aliphatic rings. The molecule has 0 heterocycles. The van der Waals surface area contributed by atoms with Crippen LogP contribution in [0.15, 0.2) is 0 Å². The lowest BCUT2D eigenvalue weighted by molar-refractivity contribution is 0.320. The maximum absolute atomic E-state index is 2.00. The Balaban J connectivity index is 1.46. The highest BCUT2D eigenvalue weighted by Crippen LogP contribution is 2.67. The van der Waals surface area contributed by atoms with Gasteiger partial charge in [0.05, 0.1) is 0 Å². The minimum atomic E-state index is 0.900. The molecule has 0 saturated heterocycles. The van der Waals surface area contributed by atoms with E-state index in [4.69, 9.17) is 0 Å². The first kappa shape index (κ1) is 18.9. The smallest absolute Gasteiger partial charge is 0.0102 e. The van der Waals surface area contributed by atoms with Gasteiger partial charge in [-0.05, 0) is 205 Å². The van der Waals surface area contributed by atoms with Gasteiger partial charge in [-0.3, -0.25) is 0 Å². The van der Waals surface area contributed by atoms with Crippen LogP contribution in [0.1, 0.15) is 195 Å². The first-order valence-electron chi connectivity index (χ1n) is 15.6. The molecule has 4 saturated carbocycles. The Morgan fingerprint density at radius 1 is 0.206 bits per heavy atom. The Morgan fingerprint density at radius 3 is 0.529 bits per heavy atom. The third kappa shape index (κ3) is 2.06. The zero-order valence-corrected chi connectivity index (χ0v) is 20.9. The van der Waals surface area contributed by atoms with Crippen LogP contribution in [0.3, 0.4) is 0 Å². The molecule has 0 amide bonds. The quantitative estimate of drug-likeness (QED) is 0.376. The van der Waals surface area contributed by atoms with Crippen LogP contribution >= 0.6 is 0 Å². The molecule has 0 aliphatic heterocycles. The molecule has 176 valence electrons. The number of benzene rings is 2. The number of fused-ring (bicyclic) bond motifs is 9. The molecule has 12 aliphatic carbocycles. The summed E-state index contributed by atoms with van der Waals surface area (Å²) >= 11 is 0. The summed E-state index contributed by atoms with van der Waals surface area (Å²) in [6, 6.07) is 0. The molecule has 0 aromatic heterocycles. The summed E-state index contributed by atoms with van der Waals surface area (Å²) in [5.74, 6) is 7.27. The van der Waals surface area contributed by atoms with Gasteiger partial charge < -0.3 is 0 Å². The highest BCUT2D eigenvalue weighted by atomic mass is 14.5. The standard InChI is InChI=1S/C34H40/c1-9-21-10-2-17(1)25-26-18-3-11-22(12-4-18)30(26)34-32-24-15-7-20(8-16-24)28(32)27-19-5-13-23(14-6-19)31(27)33(34)29(21)25/h17-24H,1-16H2. The molecule has 2 aromatic rings. The van der Waals surface area contributed by atoms with Gasteiger partial charge in [-0.2, -0.15) is 0 Å².